The fourth-order valence-electron chi connectivity index (χ4n) is 3.82. The van der Waals surface area contributed by atoms with Crippen molar-refractivity contribution >= 4 is 52.4 Å². The number of Topliss-reactive ketones (excluding diaryl/α,β-unsaturated/α-hetero) is 1. The smallest absolute Gasteiger partial charge is 0.330 e. The molecule has 0 atom stereocenters. The molecule has 1 heterocycles. The fraction of sp³-hybridized carbons (Fsp3) is 0.207. The van der Waals surface area contributed by atoms with Crippen molar-refractivity contribution in [1.29, 1.82) is 0 Å². The number of hydrogen-bond donors (Lipinski definition) is 3. The number of carboxylic acids is 1. The average molecular weight is 596 g/mol. The molecule has 4 amide bonds. The third-order valence-corrected chi connectivity index (χ3v) is 6.67. The van der Waals surface area contributed by atoms with E-state index in [1.165, 1.54) is 49.8 Å². The number of carboxylic acid groups (broad SMARTS) is 1. The van der Waals surface area contributed by atoms with E-state index in [4.69, 9.17) is 19.3 Å². The number of benzene rings is 2. The molecule has 220 valence electrons. The number of ketones is 1. The predicted molar refractivity (Wildman–Crippen MR) is 156 cm³/mol. The number of methoxy groups -OCH3 is 2. The number of nitrogens with one attached hydrogen (secondary N) is 2. The van der Waals surface area contributed by atoms with Crippen molar-refractivity contribution in [2.24, 2.45) is 0 Å². The van der Waals surface area contributed by atoms with E-state index in [1.807, 2.05) is 17.5 Å². The van der Waals surface area contributed by atoms with Gasteiger partial charge in [-0.15, -0.1) is 11.3 Å². The molecule has 13 heteroatoms. The van der Waals surface area contributed by atoms with Gasteiger partial charge in [-0.25, -0.2) is 14.5 Å². The summed E-state index contributed by atoms with van der Waals surface area (Å²) in [6.45, 7) is 4.40. The number of aliphatic carboxylic acids is 1. The lowest BCUT2D eigenvalue weighted by Crippen LogP contribution is -2.50. The van der Waals surface area contributed by atoms with Crippen LogP contribution in [0.2, 0.25) is 0 Å². The van der Waals surface area contributed by atoms with Crippen LogP contribution < -0.4 is 25.0 Å². The standard InChI is InChI=1S/C29H29N3O9S/c1-5-41-25(35)16-31-29(38)32(28(37)30-15-24(33)34)20-10-8-18(9-11-20)26(36)17(2)19-13-21(23-7-6-12-42-23)27(40-4)22(14-19)39-3/h6-14H,2,5,15-16H2,1,3-4H3,(H,30,37)(H,31,38)(H,33,34). The first-order chi connectivity index (χ1) is 20.1. The zero-order valence-electron chi connectivity index (χ0n) is 23.1. The topological polar surface area (TPSA) is 161 Å². The Kier molecular flexibility index (Phi) is 10.8. The summed E-state index contributed by atoms with van der Waals surface area (Å²) >= 11 is 1.49. The summed E-state index contributed by atoms with van der Waals surface area (Å²) < 4.78 is 15.8. The number of amides is 4. The predicted octanol–water partition coefficient (Wildman–Crippen LogP) is 4.20. The van der Waals surface area contributed by atoms with Gasteiger partial charge in [-0.3, -0.25) is 14.4 Å². The highest BCUT2D eigenvalue weighted by Gasteiger charge is 2.26. The van der Waals surface area contributed by atoms with Crippen molar-refractivity contribution in [2.75, 3.05) is 38.8 Å². The monoisotopic (exact) mass is 595 g/mol. The summed E-state index contributed by atoms with van der Waals surface area (Å²) in [4.78, 5) is 63.0. The molecule has 3 N–H and O–H groups in total. The Morgan fingerprint density at radius 1 is 0.929 bits per heavy atom. The maximum atomic E-state index is 13.4. The molecular formula is C29H29N3O9S. The van der Waals surface area contributed by atoms with E-state index >= 15 is 0 Å². The second kappa shape index (κ2) is 14.5. The molecule has 0 spiro atoms. The van der Waals surface area contributed by atoms with Crippen LogP contribution in [0.25, 0.3) is 16.0 Å². The van der Waals surface area contributed by atoms with Gasteiger partial charge < -0.3 is 30.0 Å². The molecule has 3 aromatic rings. The lowest BCUT2D eigenvalue weighted by atomic mass is 9.95. The molecule has 3 rings (SSSR count). The molecule has 0 aliphatic carbocycles. The van der Waals surface area contributed by atoms with Crippen LogP contribution in [0, 0.1) is 0 Å². The van der Waals surface area contributed by atoms with Gasteiger partial charge in [0.25, 0.3) is 0 Å². The molecule has 42 heavy (non-hydrogen) atoms. The first-order valence-corrected chi connectivity index (χ1v) is 13.4. The number of carbonyl (C=O) groups excluding carboxylic acids is 4. The number of esters is 1. The molecule has 0 saturated heterocycles. The molecule has 0 saturated carbocycles. The second-order valence-corrected chi connectivity index (χ2v) is 9.39. The number of allylic oxidation sites excluding steroid dienone is 1. The number of ether oxygens (including phenoxy) is 3. The van der Waals surface area contributed by atoms with Gasteiger partial charge in [0.1, 0.15) is 13.1 Å². The van der Waals surface area contributed by atoms with Gasteiger partial charge in [-0.05, 0) is 60.3 Å². The minimum Gasteiger partial charge on any atom is -0.493 e. The molecule has 0 radical (unpaired) electrons. The number of thiophene rings is 1. The lowest BCUT2D eigenvalue weighted by molar-refractivity contribution is -0.141. The highest BCUT2D eigenvalue weighted by atomic mass is 32.1. The number of urea groups is 2. The fourth-order valence-corrected chi connectivity index (χ4v) is 4.56. The van der Waals surface area contributed by atoms with E-state index < -0.39 is 42.9 Å². The highest BCUT2D eigenvalue weighted by Crippen LogP contribution is 2.42. The van der Waals surface area contributed by atoms with E-state index in [-0.39, 0.29) is 23.4 Å². The maximum Gasteiger partial charge on any atom is 0.330 e. The summed E-state index contributed by atoms with van der Waals surface area (Å²) in [7, 11) is 3.02. The zero-order chi connectivity index (χ0) is 30.8. The van der Waals surface area contributed by atoms with Crippen molar-refractivity contribution in [1.82, 2.24) is 10.6 Å². The van der Waals surface area contributed by atoms with E-state index in [0.717, 1.165) is 10.4 Å². The Balaban J connectivity index is 1.89. The van der Waals surface area contributed by atoms with Crippen LogP contribution in [0.3, 0.4) is 0 Å². The molecule has 0 aliphatic rings. The summed E-state index contributed by atoms with van der Waals surface area (Å²) in [5.74, 6) is -1.56. The van der Waals surface area contributed by atoms with Gasteiger partial charge in [-0.1, -0.05) is 12.6 Å². The molecular weight excluding hydrogens is 566 g/mol. The highest BCUT2D eigenvalue weighted by molar-refractivity contribution is 7.13. The summed E-state index contributed by atoms with van der Waals surface area (Å²) in [5.41, 5.74) is 1.59. The Labute approximate surface area is 245 Å². The van der Waals surface area contributed by atoms with E-state index in [1.54, 1.807) is 19.1 Å². The second-order valence-electron chi connectivity index (χ2n) is 8.44. The molecule has 0 unspecified atom stereocenters. The number of imide groups is 1. The normalized spacial score (nSPS) is 10.3. The average Bonchev–Trinajstić information content (AvgIpc) is 3.53. The number of carbonyl (C=O) groups is 5. The van der Waals surface area contributed by atoms with Crippen LogP contribution >= 0.6 is 11.3 Å². The van der Waals surface area contributed by atoms with E-state index in [0.29, 0.717) is 22.0 Å². The number of nitrogens with zero attached hydrogens (tertiary/aromatic N) is 1. The lowest BCUT2D eigenvalue weighted by Gasteiger charge is -2.21. The third-order valence-electron chi connectivity index (χ3n) is 5.76. The molecule has 0 bridgehead atoms. The zero-order valence-corrected chi connectivity index (χ0v) is 23.9. The van der Waals surface area contributed by atoms with Gasteiger partial charge in [-0.2, -0.15) is 0 Å². The minimum absolute atomic E-state index is 0.00695. The Bertz CT molecular complexity index is 1480. The first kappa shape index (κ1) is 31.4. The van der Waals surface area contributed by atoms with Gasteiger partial charge in [0.05, 0.1) is 26.5 Å². The molecule has 12 nitrogen and oxygen atoms in total. The number of anilines is 1. The quantitative estimate of drug-likeness (QED) is 0.158. The van der Waals surface area contributed by atoms with Crippen molar-refractivity contribution < 1.29 is 43.3 Å². The van der Waals surface area contributed by atoms with E-state index in [9.17, 15) is 24.0 Å². The van der Waals surface area contributed by atoms with Crippen LogP contribution in [0.4, 0.5) is 15.3 Å². The summed E-state index contributed by atoms with van der Waals surface area (Å²) in [6, 6.07) is 10.6. The van der Waals surface area contributed by atoms with Crippen LogP contribution in [-0.4, -0.2) is 68.8 Å². The SMILES string of the molecule is C=C(C(=O)c1ccc(N(C(=O)NCC(=O)O)C(=O)NCC(=O)OCC)cc1)c1cc(OC)c(OC)c(-c2cccs2)c1. The Hall–Kier alpha value is -5.17. The summed E-state index contributed by atoms with van der Waals surface area (Å²) in [6.07, 6.45) is 0. The maximum absolute atomic E-state index is 13.4. The molecule has 1 aromatic heterocycles. The Morgan fingerprint density at radius 3 is 2.14 bits per heavy atom. The number of rotatable bonds is 12. The van der Waals surface area contributed by atoms with Gasteiger partial charge in [0, 0.05) is 21.6 Å². The van der Waals surface area contributed by atoms with Crippen molar-refractivity contribution in [2.45, 2.75) is 6.92 Å². The Morgan fingerprint density at radius 2 is 1.60 bits per heavy atom. The number of hydrogen-bond acceptors (Lipinski definition) is 9. The van der Waals surface area contributed by atoms with Crippen molar-refractivity contribution in [3.05, 3.63) is 71.6 Å². The van der Waals surface area contributed by atoms with Crippen LogP contribution in [0.15, 0.2) is 60.5 Å². The first-order valence-electron chi connectivity index (χ1n) is 12.5. The van der Waals surface area contributed by atoms with Crippen LogP contribution in [0.1, 0.15) is 22.8 Å². The van der Waals surface area contributed by atoms with Crippen molar-refractivity contribution in [3.8, 4) is 21.9 Å². The van der Waals surface area contributed by atoms with Gasteiger partial charge in [0.15, 0.2) is 17.3 Å². The molecule has 0 fully saturated rings. The largest absolute Gasteiger partial charge is 0.493 e. The van der Waals surface area contributed by atoms with Crippen LogP contribution in [-0.2, 0) is 14.3 Å². The van der Waals surface area contributed by atoms with Crippen molar-refractivity contribution in [3.63, 3.8) is 0 Å². The third kappa shape index (κ3) is 7.52. The minimum atomic E-state index is -1.33. The summed E-state index contributed by atoms with van der Waals surface area (Å²) in [5, 5.41) is 15.2. The van der Waals surface area contributed by atoms with Gasteiger partial charge in [0.2, 0.25) is 0 Å². The molecule has 2 aromatic carbocycles. The molecule has 0 aliphatic heterocycles. The van der Waals surface area contributed by atoms with E-state index in [2.05, 4.69) is 17.2 Å². The van der Waals surface area contributed by atoms with Crippen LogP contribution in [0.5, 0.6) is 11.5 Å². The van der Waals surface area contributed by atoms with Gasteiger partial charge >= 0.3 is 24.0 Å².